The zero-order chi connectivity index (χ0) is 39.1. The van der Waals surface area contributed by atoms with Crippen molar-refractivity contribution in [2.75, 3.05) is 13.7 Å². The monoisotopic (exact) mass is 796 g/mol. The molecule has 0 radical (unpaired) electrons. The van der Waals surface area contributed by atoms with Crippen molar-refractivity contribution in [1.82, 2.24) is 19.6 Å². The van der Waals surface area contributed by atoms with E-state index in [4.69, 9.17) is 19.4 Å². The highest BCUT2D eigenvalue weighted by molar-refractivity contribution is 7.91. The fraction of sp³-hybridized carbons (Fsp3) is 0.465. The van der Waals surface area contributed by atoms with Crippen molar-refractivity contribution in [2.24, 2.45) is 17.3 Å². The molecule has 2 aromatic carbocycles. The van der Waals surface area contributed by atoms with E-state index in [0.29, 0.717) is 60.5 Å². The van der Waals surface area contributed by atoms with Gasteiger partial charge in [-0.1, -0.05) is 61.4 Å². The highest BCUT2D eigenvalue weighted by Crippen LogP contribution is 2.57. The highest BCUT2D eigenvalue weighted by atomic mass is 32.2. The second-order valence-corrected chi connectivity index (χ2v) is 19.3. The molecule has 2 saturated carbocycles. The van der Waals surface area contributed by atoms with Gasteiger partial charge >= 0.3 is 0 Å². The maximum atomic E-state index is 14.8. The molecule has 2 aliphatic carbocycles. The summed E-state index contributed by atoms with van der Waals surface area (Å²) in [5, 5.41) is 1.95. The minimum atomic E-state index is -3.92. The van der Waals surface area contributed by atoms with Gasteiger partial charge in [0.1, 0.15) is 17.5 Å². The van der Waals surface area contributed by atoms with Crippen molar-refractivity contribution in [3.8, 4) is 22.2 Å². The van der Waals surface area contributed by atoms with Crippen LogP contribution in [0.25, 0.3) is 21.6 Å². The van der Waals surface area contributed by atoms with Gasteiger partial charge in [-0.3, -0.25) is 19.1 Å². The summed E-state index contributed by atoms with van der Waals surface area (Å²) in [6, 6.07) is 18.4. The lowest BCUT2D eigenvalue weighted by Gasteiger charge is -2.29. The molecule has 0 unspecified atom stereocenters. The lowest BCUT2D eigenvalue weighted by molar-refractivity contribution is -0.142. The second-order valence-electron chi connectivity index (χ2n) is 16.1. The number of nitrogens with zero attached hydrogens (tertiary/aromatic N) is 3. The molecule has 1 saturated heterocycles. The third kappa shape index (κ3) is 7.72. The molecule has 294 valence electrons. The van der Waals surface area contributed by atoms with E-state index < -0.39 is 38.2 Å². The van der Waals surface area contributed by atoms with Gasteiger partial charge in [0.25, 0.3) is 0 Å². The number of aromatic nitrogens is 2. The summed E-state index contributed by atoms with van der Waals surface area (Å²) in [4.78, 5) is 55.9. The van der Waals surface area contributed by atoms with Crippen LogP contribution >= 0.6 is 11.3 Å². The Kier molecular flexibility index (Phi) is 10.5. The number of carbonyl (C=O) groups is 3. The Morgan fingerprint density at radius 3 is 2.59 bits per heavy atom. The fourth-order valence-corrected chi connectivity index (χ4v) is 10.3. The van der Waals surface area contributed by atoms with Gasteiger partial charge in [-0.2, -0.15) is 0 Å². The van der Waals surface area contributed by atoms with Crippen molar-refractivity contribution in [3.63, 3.8) is 0 Å². The number of rotatable bonds is 9. The molecule has 13 heteroatoms. The summed E-state index contributed by atoms with van der Waals surface area (Å²) >= 11 is 1.51. The standard InChI is InChI=1S/C43H48N4O7S2/c1-42(19-20-42)56(51,52)46-41(50)43-25-30(43)15-10-5-3-4-9-14-29(22-28-12-7-6-8-13-28)40(49)47-27-32(24-35(47)36(48)26-43)54-39-38(37-16-11-21-55-37)44-34-23-31(53-2)17-18-33(34)45-39/h6-8,10-13,15-18,21,23,29-30,32,35H,3-5,9,14,19-20,22,24-27H2,1-2H3,(H,46,50)/b15-10-/t29-,30-,32-,35+,43-/m1/s1. The molecule has 8 rings (SSSR count). The first-order valence-corrected chi connectivity index (χ1v) is 22.0. The zero-order valence-corrected chi connectivity index (χ0v) is 33.4. The van der Waals surface area contributed by atoms with Gasteiger partial charge in [0.2, 0.25) is 27.7 Å². The molecule has 2 aromatic heterocycles. The van der Waals surface area contributed by atoms with Crippen LogP contribution in [0.4, 0.5) is 0 Å². The van der Waals surface area contributed by atoms with Gasteiger partial charge in [0.15, 0.2) is 5.78 Å². The van der Waals surface area contributed by atoms with E-state index in [-0.39, 0.29) is 42.9 Å². The SMILES string of the molecule is COc1ccc2nc(O[C@@H]3C[C@H]4C(=O)C[C@]5(C(=O)NS(=O)(=O)C6(C)CC6)C[C@H]5/C=C\CCCCC[C@H](Cc5ccccc5)C(=O)N4C3)c(-c3cccs3)nc2c1. The van der Waals surface area contributed by atoms with E-state index in [0.717, 1.165) is 36.1 Å². The smallest absolute Gasteiger partial charge is 0.242 e. The Morgan fingerprint density at radius 1 is 1.02 bits per heavy atom. The van der Waals surface area contributed by atoms with E-state index in [1.54, 1.807) is 18.9 Å². The van der Waals surface area contributed by atoms with Gasteiger partial charge in [-0.15, -0.1) is 11.3 Å². The van der Waals surface area contributed by atoms with Crippen LogP contribution in [0.3, 0.4) is 0 Å². The van der Waals surface area contributed by atoms with E-state index in [9.17, 15) is 22.8 Å². The Hall–Kier alpha value is -4.62. The summed E-state index contributed by atoms with van der Waals surface area (Å²) in [5.41, 5.74) is 1.65. The summed E-state index contributed by atoms with van der Waals surface area (Å²) < 4.78 is 40.0. The van der Waals surface area contributed by atoms with Crippen LogP contribution in [0.2, 0.25) is 0 Å². The quantitative estimate of drug-likeness (QED) is 0.176. The molecule has 4 aliphatic rings. The average Bonchev–Trinajstić information content (AvgIpc) is 3.94. The highest BCUT2D eigenvalue weighted by Gasteiger charge is 2.62. The van der Waals surface area contributed by atoms with Crippen molar-refractivity contribution >= 4 is 50.0 Å². The lowest BCUT2D eigenvalue weighted by Crippen LogP contribution is -2.47. The number of carbonyl (C=O) groups excluding carboxylic acids is 3. The molecule has 56 heavy (non-hydrogen) atoms. The van der Waals surface area contributed by atoms with Gasteiger partial charge < -0.3 is 14.4 Å². The Balaban J connectivity index is 1.13. The van der Waals surface area contributed by atoms with Crippen LogP contribution in [0.15, 0.2) is 78.2 Å². The minimum absolute atomic E-state index is 0.114. The first kappa shape index (κ1) is 38.3. The number of benzene rings is 2. The molecule has 0 spiro atoms. The first-order chi connectivity index (χ1) is 27.0. The van der Waals surface area contributed by atoms with E-state index in [1.165, 1.54) is 11.3 Å². The molecule has 2 aliphatic heterocycles. The summed E-state index contributed by atoms with van der Waals surface area (Å²) in [5.74, 6) is -0.695. The van der Waals surface area contributed by atoms with Crippen LogP contribution in [-0.4, -0.2) is 71.4 Å². The number of hydrogen-bond donors (Lipinski definition) is 1. The summed E-state index contributed by atoms with van der Waals surface area (Å²) in [6.45, 7) is 1.79. The van der Waals surface area contributed by atoms with Gasteiger partial charge in [-0.05, 0) is 86.9 Å². The van der Waals surface area contributed by atoms with E-state index >= 15 is 0 Å². The number of fused-ring (bicyclic) bond motifs is 3. The van der Waals surface area contributed by atoms with Crippen LogP contribution in [0.1, 0.15) is 76.7 Å². The molecule has 3 fully saturated rings. The number of methoxy groups -OCH3 is 1. The van der Waals surface area contributed by atoms with Crippen molar-refractivity contribution in [3.05, 3.63) is 83.8 Å². The topological polar surface area (TPSA) is 145 Å². The second kappa shape index (κ2) is 15.4. The molecule has 11 nitrogen and oxygen atoms in total. The number of allylic oxidation sites excluding steroid dienone is 2. The predicted molar refractivity (Wildman–Crippen MR) is 215 cm³/mol. The molecular formula is C43H48N4O7S2. The zero-order valence-electron chi connectivity index (χ0n) is 31.8. The predicted octanol–water partition coefficient (Wildman–Crippen LogP) is 7.06. The number of thiophene rings is 1. The molecule has 1 N–H and O–H groups in total. The third-order valence-corrected chi connectivity index (χ3v) is 15.2. The number of Topliss-reactive ketones (excluding diaryl/α,β-unsaturated/α-hetero) is 1. The number of hydrogen-bond acceptors (Lipinski definition) is 10. The number of sulfonamides is 1. The molecular weight excluding hydrogens is 749 g/mol. The van der Waals surface area contributed by atoms with Crippen LogP contribution in [0.5, 0.6) is 11.6 Å². The maximum Gasteiger partial charge on any atom is 0.242 e. The van der Waals surface area contributed by atoms with E-state index in [1.807, 2.05) is 72.1 Å². The number of nitrogens with one attached hydrogen (secondary N) is 1. The van der Waals surface area contributed by atoms with Crippen molar-refractivity contribution in [2.45, 2.75) is 94.4 Å². The average molecular weight is 797 g/mol. The normalized spacial score (nSPS) is 27.0. The Bertz CT molecular complexity index is 2260. The van der Waals surface area contributed by atoms with Gasteiger partial charge in [0.05, 0.1) is 45.8 Å². The van der Waals surface area contributed by atoms with Crippen LogP contribution in [-0.2, 0) is 30.8 Å². The summed E-state index contributed by atoms with van der Waals surface area (Å²) in [6.07, 6.45) is 9.55. The minimum Gasteiger partial charge on any atom is -0.497 e. The largest absolute Gasteiger partial charge is 0.497 e. The number of ketones is 1. The third-order valence-electron chi connectivity index (χ3n) is 12.2. The van der Waals surface area contributed by atoms with Gasteiger partial charge in [-0.25, -0.2) is 18.4 Å². The molecule has 2 amide bonds. The van der Waals surface area contributed by atoms with Crippen LogP contribution in [0, 0.1) is 17.3 Å². The molecule has 4 heterocycles. The number of amides is 2. The maximum absolute atomic E-state index is 14.8. The van der Waals surface area contributed by atoms with Crippen LogP contribution < -0.4 is 14.2 Å². The lowest BCUT2D eigenvalue weighted by atomic mass is 9.90. The molecule has 5 atom stereocenters. The van der Waals surface area contributed by atoms with Gasteiger partial charge in [0, 0.05) is 24.8 Å². The Labute approximate surface area is 331 Å². The number of ether oxygens (including phenoxy) is 2. The molecule has 4 aromatic rings. The summed E-state index contributed by atoms with van der Waals surface area (Å²) in [7, 11) is -2.32. The Morgan fingerprint density at radius 2 is 1.84 bits per heavy atom. The fourth-order valence-electron chi connectivity index (χ4n) is 8.28. The van der Waals surface area contributed by atoms with Crippen molar-refractivity contribution < 1.29 is 32.3 Å². The van der Waals surface area contributed by atoms with Crippen molar-refractivity contribution in [1.29, 1.82) is 0 Å². The van der Waals surface area contributed by atoms with E-state index in [2.05, 4.69) is 10.8 Å². The molecule has 0 bridgehead atoms. The first-order valence-electron chi connectivity index (χ1n) is 19.7.